The molecule has 0 saturated heterocycles. The Balaban J connectivity index is 1.60. The molecule has 0 fully saturated rings. The maximum Gasteiger partial charge on any atom is 0.290 e. The van der Waals surface area contributed by atoms with Gasteiger partial charge < -0.3 is 4.98 Å². The number of fused-ring (bicyclic) bond motifs is 2. The topological polar surface area (TPSA) is 143 Å². The van der Waals surface area contributed by atoms with Gasteiger partial charge in [0, 0.05) is 29.6 Å². The maximum atomic E-state index is 12.8. The third-order valence-electron chi connectivity index (χ3n) is 5.63. The average Bonchev–Trinajstić information content (AvgIpc) is 2.76. The number of benzene rings is 1. The molecule has 2 heterocycles. The summed E-state index contributed by atoms with van der Waals surface area (Å²) in [5.74, 6) is -1.79. The summed E-state index contributed by atoms with van der Waals surface area (Å²) in [6, 6.07) is 7.78. The van der Waals surface area contributed by atoms with Gasteiger partial charge >= 0.3 is 0 Å². The van der Waals surface area contributed by atoms with Crippen LogP contribution in [0.2, 0.25) is 0 Å². The maximum absolute atomic E-state index is 12.8. The first-order valence-corrected chi connectivity index (χ1v) is 10.5. The van der Waals surface area contributed by atoms with Crippen LogP contribution in [0.4, 0.5) is 0 Å². The summed E-state index contributed by atoms with van der Waals surface area (Å²) in [4.78, 5) is 65.4. The van der Waals surface area contributed by atoms with Crippen molar-refractivity contribution in [2.45, 2.75) is 40.2 Å². The minimum Gasteiger partial charge on any atom is -0.325 e. The number of hydrogen-bond donors (Lipinski definition) is 3. The summed E-state index contributed by atoms with van der Waals surface area (Å²) in [5, 5.41) is 4.75. The first-order chi connectivity index (χ1) is 15.6. The summed E-state index contributed by atoms with van der Waals surface area (Å²) < 4.78 is 1.15. The van der Waals surface area contributed by atoms with Gasteiger partial charge in [0.05, 0.1) is 5.39 Å². The number of aryl methyl sites for hydroxylation is 1. The standard InChI is InChI=1S/C23H23N5O5/c1-4-28-22(33)13-8-6-5-7-12(13)18(27-28)21(32)26-25-20(31)15-9-14-16(24-19(15)30)10-23(2,3)11-17(14)29/h5-9H,4,10-11H2,1-3H3,(H,24,30)(H,25,31)(H,26,32). The molecule has 0 aliphatic heterocycles. The highest BCUT2D eigenvalue weighted by atomic mass is 16.2. The Kier molecular flexibility index (Phi) is 5.44. The average molecular weight is 449 g/mol. The van der Waals surface area contributed by atoms with E-state index in [0.29, 0.717) is 34.9 Å². The second-order valence-electron chi connectivity index (χ2n) is 8.77. The van der Waals surface area contributed by atoms with Crippen molar-refractivity contribution in [3.05, 3.63) is 73.6 Å². The largest absolute Gasteiger partial charge is 0.325 e. The van der Waals surface area contributed by atoms with Crippen LogP contribution < -0.4 is 22.0 Å². The number of H-pyrrole nitrogens is 1. The molecule has 3 aromatic rings. The first-order valence-electron chi connectivity index (χ1n) is 10.5. The lowest BCUT2D eigenvalue weighted by molar-refractivity contribution is 0.0842. The summed E-state index contributed by atoms with van der Waals surface area (Å²) >= 11 is 0. The molecule has 33 heavy (non-hydrogen) atoms. The van der Waals surface area contributed by atoms with Gasteiger partial charge in [0.2, 0.25) is 0 Å². The fourth-order valence-electron chi connectivity index (χ4n) is 4.05. The summed E-state index contributed by atoms with van der Waals surface area (Å²) in [5.41, 5.74) is 3.62. The number of rotatable bonds is 3. The van der Waals surface area contributed by atoms with Crippen LogP contribution in [0.5, 0.6) is 0 Å². The molecule has 4 rings (SSSR count). The summed E-state index contributed by atoms with van der Waals surface area (Å²) in [7, 11) is 0. The predicted octanol–water partition coefficient (Wildman–Crippen LogP) is 1.33. The van der Waals surface area contributed by atoms with E-state index in [1.807, 2.05) is 13.8 Å². The van der Waals surface area contributed by atoms with Crippen molar-refractivity contribution in [3.8, 4) is 0 Å². The number of nitrogens with one attached hydrogen (secondary N) is 3. The van der Waals surface area contributed by atoms with Crippen LogP contribution in [-0.2, 0) is 13.0 Å². The normalized spacial score (nSPS) is 14.6. The number of hydrazine groups is 1. The molecule has 1 aromatic carbocycles. The first kappa shape index (κ1) is 22.1. The molecular weight excluding hydrogens is 426 g/mol. The fourth-order valence-corrected chi connectivity index (χ4v) is 4.05. The Morgan fingerprint density at radius 3 is 2.42 bits per heavy atom. The van der Waals surface area contributed by atoms with E-state index in [1.54, 1.807) is 31.2 Å². The Labute approximate surface area is 188 Å². The number of amides is 2. The second-order valence-corrected chi connectivity index (χ2v) is 8.77. The van der Waals surface area contributed by atoms with Crippen LogP contribution in [0.15, 0.2) is 39.9 Å². The molecule has 1 aliphatic rings. The van der Waals surface area contributed by atoms with Gasteiger partial charge in [-0.05, 0) is 30.9 Å². The van der Waals surface area contributed by atoms with E-state index >= 15 is 0 Å². The lowest BCUT2D eigenvalue weighted by Gasteiger charge is -2.29. The van der Waals surface area contributed by atoms with E-state index in [4.69, 9.17) is 0 Å². The van der Waals surface area contributed by atoms with Gasteiger partial charge in [-0.2, -0.15) is 5.10 Å². The monoisotopic (exact) mass is 449 g/mol. The number of carbonyl (C=O) groups excluding carboxylic acids is 3. The van der Waals surface area contributed by atoms with Crippen LogP contribution >= 0.6 is 0 Å². The molecule has 0 saturated carbocycles. The van der Waals surface area contributed by atoms with Crippen molar-refractivity contribution in [2.75, 3.05) is 0 Å². The molecule has 10 nitrogen and oxygen atoms in total. The lowest BCUT2D eigenvalue weighted by Crippen LogP contribution is -2.44. The quantitative estimate of drug-likeness (QED) is 0.515. The zero-order chi connectivity index (χ0) is 23.9. The van der Waals surface area contributed by atoms with Crippen LogP contribution in [0.1, 0.15) is 64.1 Å². The minimum atomic E-state index is -0.877. The summed E-state index contributed by atoms with van der Waals surface area (Å²) in [6.45, 7) is 5.84. The zero-order valence-electron chi connectivity index (χ0n) is 18.4. The lowest BCUT2D eigenvalue weighted by atomic mass is 9.75. The SMILES string of the molecule is CCn1nc(C(=O)NNC(=O)c2cc3c([nH]c2=O)CC(C)(C)CC3=O)c2ccccc2c1=O. The second kappa shape index (κ2) is 8.12. The van der Waals surface area contributed by atoms with Gasteiger partial charge in [0.25, 0.3) is 22.9 Å². The predicted molar refractivity (Wildman–Crippen MR) is 120 cm³/mol. The van der Waals surface area contributed by atoms with E-state index in [0.717, 1.165) is 4.68 Å². The highest BCUT2D eigenvalue weighted by Crippen LogP contribution is 2.33. The smallest absolute Gasteiger partial charge is 0.290 e. The van der Waals surface area contributed by atoms with Crippen molar-refractivity contribution < 1.29 is 14.4 Å². The highest BCUT2D eigenvalue weighted by Gasteiger charge is 2.32. The molecule has 0 radical (unpaired) electrons. The molecule has 2 aromatic heterocycles. The number of aromatic nitrogens is 3. The van der Waals surface area contributed by atoms with E-state index in [-0.39, 0.29) is 34.6 Å². The van der Waals surface area contributed by atoms with Crippen molar-refractivity contribution in [1.29, 1.82) is 0 Å². The molecular formula is C23H23N5O5. The number of Topliss-reactive ketones (excluding diaryl/α,β-unsaturated/α-hetero) is 1. The van der Waals surface area contributed by atoms with Gasteiger partial charge in [-0.1, -0.05) is 32.0 Å². The van der Waals surface area contributed by atoms with Crippen LogP contribution in [-0.4, -0.2) is 32.4 Å². The molecule has 0 bridgehead atoms. The Morgan fingerprint density at radius 1 is 1.06 bits per heavy atom. The van der Waals surface area contributed by atoms with Crippen molar-refractivity contribution >= 4 is 28.4 Å². The molecule has 0 atom stereocenters. The van der Waals surface area contributed by atoms with E-state index < -0.39 is 17.4 Å². The van der Waals surface area contributed by atoms with Crippen molar-refractivity contribution in [1.82, 2.24) is 25.6 Å². The van der Waals surface area contributed by atoms with E-state index in [2.05, 4.69) is 20.9 Å². The van der Waals surface area contributed by atoms with Gasteiger partial charge in [0.1, 0.15) is 5.56 Å². The van der Waals surface area contributed by atoms with Crippen molar-refractivity contribution in [2.24, 2.45) is 5.41 Å². The Morgan fingerprint density at radius 2 is 1.73 bits per heavy atom. The molecule has 170 valence electrons. The number of nitrogens with zero attached hydrogens (tertiary/aromatic N) is 2. The van der Waals surface area contributed by atoms with Gasteiger partial charge in [0.15, 0.2) is 11.5 Å². The molecule has 2 amide bonds. The highest BCUT2D eigenvalue weighted by molar-refractivity contribution is 6.06. The third-order valence-corrected chi connectivity index (χ3v) is 5.63. The molecule has 0 spiro atoms. The van der Waals surface area contributed by atoms with Crippen LogP contribution in [0.25, 0.3) is 10.8 Å². The van der Waals surface area contributed by atoms with Crippen LogP contribution in [0.3, 0.4) is 0 Å². The number of hydrogen-bond acceptors (Lipinski definition) is 6. The van der Waals surface area contributed by atoms with Gasteiger partial charge in [-0.3, -0.25) is 34.8 Å². The zero-order valence-corrected chi connectivity index (χ0v) is 18.4. The van der Waals surface area contributed by atoms with Crippen LogP contribution in [0, 0.1) is 5.41 Å². The van der Waals surface area contributed by atoms with Gasteiger partial charge in [-0.25, -0.2) is 4.68 Å². The van der Waals surface area contributed by atoms with E-state index in [9.17, 15) is 24.0 Å². The molecule has 10 heteroatoms. The molecule has 1 aliphatic carbocycles. The molecule has 0 unspecified atom stereocenters. The Bertz CT molecular complexity index is 1430. The molecule has 3 N–H and O–H groups in total. The number of carbonyl (C=O) groups is 3. The van der Waals surface area contributed by atoms with E-state index in [1.165, 1.54) is 6.07 Å². The fraction of sp³-hybridized carbons (Fsp3) is 0.304. The number of ketones is 1. The minimum absolute atomic E-state index is 0.0518. The number of aromatic amines is 1. The number of pyridine rings is 1. The van der Waals surface area contributed by atoms with Gasteiger partial charge in [-0.15, -0.1) is 0 Å². The Hall–Kier alpha value is -4.08. The van der Waals surface area contributed by atoms with Crippen molar-refractivity contribution in [3.63, 3.8) is 0 Å². The third kappa shape index (κ3) is 4.07. The summed E-state index contributed by atoms with van der Waals surface area (Å²) in [6.07, 6.45) is 0.809.